The van der Waals surface area contributed by atoms with Crippen molar-refractivity contribution in [2.24, 2.45) is 17.6 Å². The summed E-state index contributed by atoms with van der Waals surface area (Å²) in [4.78, 5) is 14.7. The topological polar surface area (TPSA) is 58.4 Å². The number of carbonyl (C=O) groups excluding carboxylic acids is 1. The zero-order chi connectivity index (χ0) is 15.4. The molecule has 1 aliphatic carbocycles. The van der Waals surface area contributed by atoms with Crippen LogP contribution in [0.5, 0.6) is 0 Å². The first-order valence-corrected chi connectivity index (χ1v) is 8.77. The summed E-state index contributed by atoms with van der Waals surface area (Å²) in [6, 6.07) is 0.706. The minimum Gasteiger partial charge on any atom is -0.352 e. The van der Waals surface area contributed by atoms with Crippen LogP contribution in [0.2, 0.25) is 0 Å². The maximum Gasteiger partial charge on any atom is 0.237 e. The fraction of sp³-hybridized carbons (Fsp3) is 0.941. The summed E-state index contributed by atoms with van der Waals surface area (Å²) >= 11 is 0. The lowest BCUT2D eigenvalue weighted by Gasteiger charge is -2.40. The van der Waals surface area contributed by atoms with Gasteiger partial charge < -0.3 is 16.0 Å². The second kappa shape index (κ2) is 9.09. The predicted octanol–water partition coefficient (Wildman–Crippen LogP) is 2.55. The summed E-state index contributed by atoms with van der Waals surface area (Å²) in [7, 11) is 0. The molecule has 1 saturated carbocycles. The summed E-state index contributed by atoms with van der Waals surface area (Å²) in [5.41, 5.74) is 5.91. The molecule has 1 aliphatic heterocycles. The van der Waals surface area contributed by atoms with Crippen LogP contribution in [0.1, 0.15) is 59.3 Å². The van der Waals surface area contributed by atoms with Crippen molar-refractivity contribution in [1.29, 1.82) is 0 Å². The molecule has 2 fully saturated rings. The van der Waals surface area contributed by atoms with Crippen LogP contribution >= 0.6 is 12.4 Å². The van der Waals surface area contributed by atoms with Crippen molar-refractivity contribution < 1.29 is 4.79 Å². The highest BCUT2D eigenvalue weighted by atomic mass is 35.5. The molecule has 0 bridgehead atoms. The van der Waals surface area contributed by atoms with Crippen LogP contribution in [0.25, 0.3) is 0 Å². The number of nitrogens with two attached hydrogens (primary N) is 1. The summed E-state index contributed by atoms with van der Waals surface area (Å²) < 4.78 is 0. The molecular formula is C17H34ClN3O. The molecule has 2 rings (SSSR count). The van der Waals surface area contributed by atoms with E-state index in [1.54, 1.807) is 0 Å². The number of amides is 1. The number of rotatable bonds is 4. The third-order valence-corrected chi connectivity index (χ3v) is 5.40. The first-order valence-electron chi connectivity index (χ1n) is 8.77. The molecule has 0 radical (unpaired) electrons. The summed E-state index contributed by atoms with van der Waals surface area (Å²) in [6.07, 6.45) is 7.34. The Bertz CT molecular complexity index is 335. The van der Waals surface area contributed by atoms with Crippen molar-refractivity contribution >= 4 is 18.3 Å². The van der Waals surface area contributed by atoms with Gasteiger partial charge in [-0.2, -0.15) is 0 Å². The van der Waals surface area contributed by atoms with Gasteiger partial charge in [0.25, 0.3) is 0 Å². The Morgan fingerprint density at radius 1 is 1.09 bits per heavy atom. The molecule has 3 N–H and O–H groups in total. The quantitative estimate of drug-likeness (QED) is 0.832. The normalized spacial score (nSPS) is 29.0. The highest BCUT2D eigenvalue weighted by Crippen LogP contribution is 2.27. The fourth-order valence-electron chi connectivity index (χ4n) is 3.58. The standard InChI is InChI=1S/C17H33N3O.ClH/c1-12(2)16(18)17(21)19-14-4-6-15(7-5-14)20-10-8-13(3)9-11-20;/h12-16H,4-11,18H2,1-3H3,(H,19,21);1H/t14?,15?,16-;/m0./s1. The lowest BCUT2D eigenvalue weighted by atomic mass is 9.87. The van der Waals surface area contributed by atoms with E-state index >= 15 is 0 Å². The minimum atomic E-state index is -0.369. The van der Waals surface area contributed by atoms with E-state index in [1.165, 1.54) is 38.8 Å². The molecule has 1 saturated heterocycles. The second-order valence-electron chi connectivity index (χ2n) is 7.50. The van der Waals surface area contributed by atoms with Crippen LogP contribution < -0.4 is 11.1 Å². The molecular weight excluding hydrogens is 298 g/mol. The Morgan fingerprint density at radius 3 is 2.14 bits per heavy atom. The van der Waals surface area contributed by atoms with E-state index in [9.17, 15) is 4.79 Å². The van der Waals surface area contributed by atoms with Crippen LogP contribution in [0.15, 0.2) is 0 Å². The molecule has 1 amide bonds. The third kappa shape index (κ3) is 5.39. The maximum absolute atomic E-state index is 12.0. The molecule has 2 aliphatic rings. The molecule has 0 spiro atoms. The number of nitrogens with one attached hydrogen (secondary N) is 1. The van der Waals surface area contributed by atoms with Gasteiger partial charge in [-0.25, -0.2) is 0 Å². The predicted molar refractivity (Wildman–Crippen MR) is 94.2 cm³/mol. The second-order valence-corrected chi connectivity index (χ2v) is 7.50. The Balaban J connectivity index is 0.00000242. The average Bonchev–Trinajstić information content (AvgIpc) is 2.48. The van der Waals surface area contributed by atoms with Crippen LogP contribution in [0.4, 0.5) is 0 Å². The Morgan fingerprint density at radius 2 is 1.64 bits per heavy atom. The number of carbonyl (C=O) groups is 1. The van der Waals surface area contributed by atoms with Gasteiger partial charge in [-0.15, -0.1) is 12.4 Å². The van der Waals surface area contributed by atoms with Crippen LogP contribution in [-0.4, -0.2) is 42.0 Å². The van der Waals surface area contributed by atoms with E-state index in [2.05, 4.69) is 17.1 Å². The van der Waals surface area contributed by atoms with E-state index in [4.69, 9.17) is 5.73 Å². The number of nitrogens with zero attached hydrogens (tertiary/aromatic N) is 1. The van der Waals surface area contributed by atoms with Crippen molar-refractivity contribution in [3.63, 3.8) is 0 Å². The highest BCUT2D eigenvalue weighted by molar-refractivity contribution is 5.85. The monoisotopic (exact) mass is 331 g/mol. The van der Waals surface area contributed by atoms with E-state index in [-0.39, 0.29) is 30.3 Å². The summed E-state index contributed by atoms with van der Waals surface area (Å²) in [5, 5.41) is 3.15. The number of likely N-dealkylation sites (tertiary alicyclic amines) is 1. The zero-order valence-electron chi connectivity index (χ0n) is 14.4. The molecule has 0 aromatic heterocycles. The minimum absolute atomic E-state index is 0. The molecule has 130 valence electrons. The fourth-order valence-corrected chi connectivity index (χ4v) is 3.58. The van der Waals surface area contributed by atoms with Crippen molar-refractivity contribution in [3.8, 4) is 0 Å². The Hall–Kier alpha value is -0.320. The van der Waals surface area contributed by atoms with Gasteiger partial charge in [0, 0.05) is 12.1 Å². The van der Waals surface area contributed by atoms with E-state index in [1.807, 2.05) is 13.8 Å². The van der Waals surface area contributed by atoms with Gasteiger partial charge in [0.05, 0.1) is 6.04 Å². The van der Waals surface area contributed by atoms with E-state index < -0.39 is 0 Å². The highest BCUT2D eigenvalue weighted by Gasteiger charge is 2.29. The molecule has 1 heterocycles. The Labute approximate surface area is 142 Å². The van der Waals surface area contributed by atoms with Gasteiger partial charge >= 0.3 is 0 Å². The molecule has 4 nitrogen and oxygen atoms in total. The van der Waals surface area contributed by atoms with E-state index in [0.717, 1.165) is 24.8 Å². The van der Waals surface area contributed by atoms with E-state index in [0.29, 0.717) is 6.04 Å². The number of halogens is 1. The number of hydrogen-bond acceptors (Lipinski definition) is 3. The first-order chi connectivity index (χ1) is 9.97. The first kappa shape index (κ1) is 19.7. The van der Waals surface area contributed by atoms with Gasteiger partial charge in [0.2, 0.25) is 5.91 Å². The molecule has 1 atom stereocenters. The Kier molecular flexibility index (Phi) is 8.15. The molecule has 22 heavy (non-hydrogen) atoms. The lowest BCUT2D eigenvalue weighted by molar-refractivity contribution is -0.124. The molecule has 0 aromatic carbocycles. The van der Waals surface area contributed by atoms with Crippen molar-refractivity contribution in [2.45, 2.75) is 77.4 Å². The van der Waals surface area contributed by atoms with Crippen LogP contribution in [0, 0.1) is 11.8 Å². The van der Waals surface area contributed by atoms with Crippen molar-refractivity contribution in [2.75, 3.05) is 13.1 Å². The van der Waals surface area contributed by atoms with Gasteiger partial charge in [0.15, 0.2) is 0 Å². The number of hydrogen-bond donors (Lipinski definition) is 2. The van der Waals surface area contributed by atoms with Gasteiger partial charge in [0.1, 0.15) is 0 Å². The average molecular weight is 332 g/mol. The van der Waals surface area contributed by atoms with Gasteiger partial charge in [-0.05, 0) is 63.5 Å². The maximum atomic E-state index is 12.0. The van der Waals surface area contributed by atoms with Gasteiger partial charge in [-0.1, -0.05) is 20.8 Å². The van der Waals surface area contributed by atoms with Crippen molar-refractivity contribution in [1.82, 2.24) is 10.2 Å². The van der Waals surface area contributed by atoms with Crippen molar-refractivity contribution in [3.05, 3.63) is 0 Å². The molecule has 0 unspecified atom stereocenters. The summed E-state index contributed by atoms with van der Waals surface area (Å²) in [6.45, 7) is 8.89. The van der Waals surface area contributed by atoms with Gasteiger partial charge in [-0.3, -0.25) is 4.79 Å². The molecule has 5 heteroatoms. The molecule has 0 aromatic rings. The SMILES string of the molecule is CC1CCN(C2CCC(NC(=O)[C@@H](N)C(C)C)CC2)CC1.Cl. The third-order valence-electron chi connectivity index (χ3n) is 5.40. The smallest absolute Gasteiger partial charge is 0.237 e. The number of piperidine rings is 1. The largest absolute Gasteiger partial charge is 0.352 e. The summed E-state index contributed by atoms with van der Waals surface area (Å²) in [5.74, 6) is 1.13. The lowest BCUT2D eigenvalue weighted by Crippen LogP contribution is -2.50. The van der Waals surface area contributed by atoms with Crippen LogP contribution in [-0.2, 0) is 4.79 Å². The van der Waals surface area contributed by atoms with Crippen LogP contribution in [0.3, 0.4) is 0 Å². The zero-order valence-corrected chi connectivity index (χ0v) is 15.2.